The Bertz CT molecular complexity index is 459. The molecule has 2 amide bonds. The monoisotopic (exact) mass is 326 g/mol. The number of fused-ring (bicyclic) bond motifs is 1. The Labute approximate surface area is 136 Å². The number of nitrogens with zero attached hydrogens (tertiary/aromatic N) is 2. The van der Waals surface area contributed by atoms with Gasteiger partial charge in [0.2, 0.25) is 11.8 Å². The van der Waals surface area contributed by atoms with Crippen molar-refractivity contribution in [2.24, 2.45) is 5.92 Å². The first-order chi connectivity index (χ1) is 10.5. The van der Waals surface area contributed by atoms with E-state index in [4.69, 9.17) is 4.74 Å². The zero-order valence-electron chi connectivity index (χ0n) is 13.5. The van der Waals surface area contributed by atoms with Crippen LogP contribution in [0.5, 0.6) is 0 Å². The number of carbonyl (C=O) groups excluding carboxylic acids is 2. The van der Waals surface area contributed by atoms with Crippen LogP contribution in [0, 0.1) is 5.92 Å². The van der Waals surface area contributed by atoms with E-state index >= 15 is 0 Å². The second-order valence-electron chi connectivity index (χ2n) is 6.72. The van der Waals surface area contributed by atoms with Crippen molar-refractivity contribution in [1.82, 2.24) is 9.80 Å². The van der Waals surface area contributed by atoms with Gasteiger partial charge < -0.3 is 14.5 Å². The van der Waals surface area contributed by atoms with E-state index in [0.29, 0.717) is 12.3 Å². The highest BCUT2D eigenvalue weighted by Crippen LogP contribution is 2.47. The van der Waals surface area contributed by atoms with Crippen LogP contribution in [0.15, 0.2) is 0 Å². The van der Waals surface area contributed by atoms with E-state index in [-0.39, 0.29) is 22.7 Å². The SMILES string of the molecule is CCOCC1CCCN(C(=O)C2CSC3(C)CCC(=O)N23)C1. The first-order valence-corrected chi connectivity index (χ1v) is 9.36. The zero-order chi connectivity index (χ0) is 15.7. The summed E-state index contributed by atoms with van der Waals surface area (Å²) in [6.45, 7) is 7.16. The molecule has 3 fully saturated rings. The second kappa shape index (κ2) is 6.40. The summed E-state index contributed by atoms with van der Waals surface area (Å²) in [5.41, 5.74) is 0. The fraction of sp³-hybridized carbons (Fsp3) is 0.875. The fourth-order valence-electron chi connectivity index (χ4n) is 3.90. The molecule has 3 atom stereocenters. The number of hydrogen-bond donors (Lipinski definition) is 0. The minimum absolute atomic E-state index is 0.146. The number of thioether (sulfide) groups is 1. The van der Waals surface area contributed by atoms with Gasteiger partial charge in [0.25, 0.3) is 0 Å². The van der Waals surface area contributed by atoms with Gasteiger partial charge in [0.15, 0.2) is 0 Å². The van der Waals surface area contributed by atoms with Crippen molar-refractivity contribution in [3.8, 4) is 0 Å². The van der Waals surface area contributed by atoms with Crippen LogP contribution in [0.3, 0.4) is 0 Å². The van der Waals surface area contributed by atoms with Crippen LogP contribution in [0.1, 0.15) is 39.5 Å². The number of likely N-dealkylation sites (tertiary alicyclic amines) is 1. The van der Waals surface area contributed by atoms with E-state index in [2.05, 4.69) is 6.92 Å². The third-order valence-electron chi connectivity index (χ3n) is 5.12. The summed E-state index contributed by atoms with van der Waals surface area (Å²) < 4.78 is 5.52. The number of rotatable bonds is 4. The lowest BCUT2D eigenvalue weighted by Crippen LogP contribution is -2.53. The van der Waals surface area contributed by atoms with Crippen molar-refractivity contribution in [2.75, 3.05) is 32.1 Å². The summed E-state index contributed by atoms with van der Waals surface area (Å²) in [7, 11) is 0. The van der Waals surface area contributed by atoms with Gasteiger partial charge in [-0.3, -0.25) is 9.59 Å². The maximum absolute atomic E-state index is 12.9. The summed E-state index contributed by atoms with van der Waals surface area (Å²) in [4.78, 5) is 28.8. The predicted molar refractivity (Wildman–Crippen MR) is 86.5 cm³/mol. The molecule has 0 saturated carbocycles. The molecule has 22 heavy (non-hydrogen) atoms. The molecule has 6 heteroatoms. The molecule has 3 unspecified atom stereocenters. The molecule has 124 valence electrons. The molecular formula is C16H26N2O3S. The van der Waals surface area contributed by atoms with Gasteiger partial charge in [0.1, 0.15) is 6.04 Å². The first kappa shape index (κ1) is 16.1. The van der Waals surface area contributed by atoms with E-state index in [0.717, 1.165) is 51.3 Å². The standard InChI is InChI=1S/C16H26N2O3S/c1-3-21-10-12-5-4-8-17(9-12)15(20)13-11-22-16(2)7-6-14(19)18(13)16/h12-13H,3-11H2,1-2H3. The molecule has 3 aliphatic rings. The van der Waals surface area contributed by atoms with Crippen molar-refractivity contribution in [3.05, 3.63) is 0 Å². The number of piperidine rings is 1. The lowest BCUT2D eigenvalue weighted by Gasteiger charge is -2.37. The van der Waals surface area contributed by atoms with Crippen LogP contribution in [0.25, 0.3) is 0 Å². The smallest absolute Gasteiger partial charge is 0.246 e. The number of amides is 2. The van der Waals surface area contributed by atoms with Crippen LogP contribution >= 0.6 is 11.8 Å². The van der Waals surface area contributed by atoms with Gasteiger partial charge in [0.05, 0.1) is 11.5 Å². The topological polar surface area (TPSA) is 49.9 Å². The Hall–Kier alpha value is -0.750. The molecule has 0 spiro atoms. The zero-order valence-corrected chi connectivity index (χ0v) is 14.4. The Balaban J connectivity index is 1.65. The summed E-state index contributed by atoms with van der Waals surface area (Å²) >= 11 is 1.77. The van der Waals surface area contributed by atoms with Gasteiger partial charge >= 0.3 is 0 Å². The highest BCUT2D eigenvalue weighted by Gasteiger charge is 2.53. The van der Waals surface area contributed by atoms with Crippen LogP contribution in [-0.4, -0.2) is 64.6 Å². The molecule has 3 saturated heterocycles. The van der Waals surface area contributed by atoms with Gasteiger partial charge in [-0.15, -0.1) is 11.8 Å². The number of carbonyl (C=O) groups is 2. The molecule has 0 aromatic heterocycles. The average molecular weight is 326 g/mol. The molecule has 3 rings (SSSR count). The van der Waals surface area contributed by atoms with Crippen LogP contribution in [-0.2, 0) is 14.3 Å². The van der Waals surface area contributed by atoms with E-state index in [1.807, 2.05) is 16.7 Å². The number of hydrogen-bond acceptors (Lipinski definition) is 4. The summed E-state index contributed by atoms with van der Waals surface area (Å²) in [6, 6.07) is -0.254. The third kappa shape index (κ3) is 2.87. The highest BCUT2D eigenvalue weighted by molar-refractivity contribution is 8.01. The van der Waals surface area contributed by atoms with Gasteiger partial charge in [-0.2, -0.15) is 0 Å². The van der Waals surface area contributed by atoms with Crippen molar-refractivity contribution >= 4 is 23.6 Å². The maximum Gasteiger partial charge on any atom is 0.246 e. The second-order valence-corrected chi connectivity index (χ2v) is 8.22. The average Bonchev–Trinajstić information content (AvgIpc) is 3.01. The normalized spacial score (nSPS) is 35.1. The van der Waals surface area contributed by atoms with Gasteiger partial charge in [-0.25, -0.2) is 0 Å². The fourth-order valence-corrected chi connectivity index (χ4v) is 5.32. The van der Waals surface area contributed by atoms with E-state index < -0.39 is 0 Å². The minimum Gasteiger partial charge on any atom is -0.381 e. The Morgan fingerprint density at radius 2 is 2.32 bits per heavy atom. The van der Waals surface area contributed by atoms with Gasteiger partial charge in [0, 0.05) is 31.9 Å². The molecule has 0 aliphatic carbocycles. The van der Waals surface area contributed by atoms with E-state index in [1.54, 1.807) is 11.8 Å². The Morgan fingerprint density at radius 3 is 3.09 bits per heavy atom. The molecule has 3 aliphatic heterocycles. The summed E-state index contributed by atoms with van der Waals surface area (Å²) in [5, 5.41) is 0. The largest absolute Gasteiger partial charge is 0.381 e. The van der Waals surface area contributed by atoms with Crippen LogP contribution in [0.4, 0.5) is 0 Å². The Morgan fingerprint density at radius 1 is 1.50 bits per heavy atom. The molecule has 0 aromatic carbocycles. The predicted octanol–water partition coefficient (Wildman–Crippen LogP) is 1.72. The lowest BCUT2D eigenvalue weighted by atomic mass is 9.98. The van der Waals surface area contributed by atoms with Crippen molar-refractivity contribution in [2.45, 2.75) is 50.4 Å². The van der Waals surface area contributed by atoms with Gasteiger partial charge in [-0.1, -0.05) is 0 Å². The minimum atomic E-state index is -0.254. The van der Waals surface area contributed by atoms with Crippen LogP contribution < -0.4 is 0 Å². The summed E-state index contributed by atoms with van der Waals surface area (Å²) in [5.74, 6) is 1.47. The molecule has 0 radical (unpaired) electrons. The highest BCUT2D eigenvalue weighted by atomic mass is 32.2. The van der Waals surface area contributed by atoms with Crippen molar-refractivity contribution in [3.63, 3.8) is 0 Å². The number of ether oxygens (including phenoxy) is 1. The van der Waals surface area contributed by atoms with E-state index in [9.17, 15) is 9.59 Å². The Kier molecular flexibility index (Phi) is 4.69. The van der Waals surface area contributed by atoms with Crippen molar-refractivity contribution < 1.29 is 14.3 Å². The van der Waals surface area contributed by atoms with Crippen LogP contribution in [0.2, 0.25) is 0 Å². The summed E-state index contributed by atoms with van der Waals surface area (Å²) in [6.07, 6.45) is 3.62. The van der Waals surface area contributed by atoms with Gasteiger partial charge in [-0.05, 0) is 39.0 Å². The molecule has 0 aromatic rings. The molecule has 0 N–H and O–H groups in total. The molecule has 3 heterocycles. The lowest BCUT2D eigenvalue weighted by molar-refractivity contribution is -0.145. The molecule has 5 nitrogen and oxygen atoms in total. The maximum atomic E-state index is 12.9. The quantitative estimate of drug-likeness (QED) is 0.789. The van der Waals surface area contributed by atoms with E-state index in [1.165, 1.54) is 0 Å². The molecule has 0 bridgehead atoms. The molecular weight excluding hydrogens is 300 g/mol. The third-order valence-corrected chi connectivity index (χ3v) is 6.62. The first-order valence-electron chi connectivity index (χ1n) is 8.38. The van der Waals surface area contributed by atoms with Crippen molar-refractivity contribution in [1.29, 1.82) is 0 Å².